The third kappa shape index (κ3) is 9.25. The number of benzene rings is 3. The van der Waals surface area contributed by atoms with Crippen molar-refractivity contribution in [1.82, 2.24) is 29.9 Å². The molecule has 62 heavy (non-hydrogen) atoms. The summed E-state index contributed by atoms with van der Waals surface area (Å²) in [6.45, 7) is 2.74. The summed E-state index contributed by atoms with van der Waals surface area (Å²) in [5.41, 5.74) is 11.6. The van der Waals surface area contributed by atoms with E-state index in [1.54, 1.807) is 24.8 Å². The van der Waals surface area contributed by atoms with Gasteiger partial charge in [-0.2, -0.15) is 0 Å². The van der Waals surface area contributed by atoms with E-state index in [4.69, 9.17) is 20.0 Å². The first-order valence-corrected chi connectivity index (χ1v) is 20.8. The van der Waals surface area contributed by atoms with Gasteiger partial charge in [0.25, 0.3) is 0 Å². The second-order valence-corrected chi connectivity index (χ2v) is 14.7. The van der Waals surface area contributed by atoms with Crippen molar-refractivity contribution in [1.29, 1.82) is 0 Å². The number of hydrogen-bond donors (Lipinski definition) is 0. The van der Waals surface area contributed by atoms with Crippen LogP contribution in [0.5, 0.6) is 0 Å². The van der Waals surface area contributed by atoms with Gasteiger partial charge in [-0.05, 0) is 95.8 Å². The Morgan fingerprint density at radius 1 is 0.419 bits per heavy atom. The first-order chi connectivity index (χ1) is 30.8. The largest absolute Gasteiger partial charge is 0.339 e. The Labute approximate surface area is 361 Å². The second-order valence-electron chi connectivity index (χ2n) is 14.7. The number of nitrogens with zero attached hydrogens (tertiary/aromatic N) is 10. The molecule has 9 rings (SSSR count). The van der Waals surface area contributed by atoms with Crippen LogP contribution >= 0.6 is 0 Å². The molecule has 0 saturated carbocycles. The van der Waals surface area contributed by atoms with Crippen LogP contribution in [0.2, 0.25) is 0 Å². The van der Waals surface area contributed by atoms with Crippen LogP contribution in [-0.2, 0) is 0 Å². The Balaban J connectivity index is 1.03. The van der Waals surface area contributed by atoms with E-state index in [9.17, 15) is 0 Å². The molecule has 6 aromatic heterocycles. The third-order valence-corrected chi connectivity index (χ3v) is 10.6. The van der Waals surface area contributed by atoms with Crippen molar-refractivity contribution in [3.05, 3.63) is 194 Å². The molecule has 6 heterocycles. The van der Waals surface area contributed by atoms with E-state index in [0.717, 1.165) is 104 Å². The smallest absolute Gasteiger partial charge is 0.0979 e. The molecule has 302 valence electrons. The fourth-order valence-electron chi connectivity index (χ4n) is 7.68. The molecule has 0 aliphatic rings. The molecule has 0 radical (unpaired) electrons. The lowest BCUT2D eigenvalue weighted by atomic mass is 9.95. The molecule has 0 amide bonds. The number of rotatable bonds is 16. The molecule has 0 aliphatic carbocycles. The predicted molar refractivity (Wildman–Crippen MR) is 253 cm³/mol. The van der Waals surface area contributed by atoms with Crippen LogP contribution in [0.3, 0.4) is 0 Å². The Kier molecular flexibility index (Phi) is 12.3. The molecule has 10 nitrogen and oxygen atoms in total. The van der Waals surface area contributed by atoms with E-state index in [-0.39, 0.29) is 0 Å². The molecular weight excluding hydrogens is 765 g/mol. The summed E-state index contributed by atoms with van der Waals surface area (Å²) in [6.07, 6.45) is 20.1. The first-order valence-electron chi connectivity index (χ1n) is 20.8. The highest BCUT2D eigenvalue weighted by atomic mass is 15.2. The van der Waals surface area contributed by atoms with Gasteiger partial charge < -0.3 is 9.80 Å². The van der Waals surface area contributed by atoms with Crippen molar-refractivity contribution >= 4 is 57.0 Å². The van der Waals surface area contributed by atoms with Crippen molar-refractivity contribution in [2.75, 3.05) is 36.0 Å². The number of fused-ring (bicyclic) bond motifs is 3. The Bertz CT molecular complexity index is 2620. The summed E-state index contributed by atoms with van der Waals surface area (Å²) in [5, 5.41) is 2.05. The van der Waals surface area contributed by atoms with Crippen LogP contribution in [0.1, 0.15) is 24.2 Å². The topological polar surface area (TPSA) is 109 Å². The van der Waals surface area contributed by atoms with Crippen molar-refractivity contribution in [3.63, 3.8) is 0 Å². The molecular formula is C52H44N10. The number of hydrogen-bond acceptors (Lipinski definition) is 10. The molecule has 0 N–H and O–H groups in total. The summed E-state index contributed by atoms with van der Waals surface area (Å²) in [6, 6.07) is 45.6. The minimum atomic E-state index is 0.617. The molecule has 0 saturated heterocycles. The van der Waals surface area contributed by atoms with E-state index >= 15 is 0 Å². The van der Waals surface area contributed by atoms with Crippen LogP contribution in [0.4, 0.5) is 22.7 Å². The third-order valence-electron chi connectivity index (χ3n) is 10.6. The summed E-state index contributed by atoms with van der Waals surface area (Å²) in [7, 11) is 0. The molecule has 10 heteroatoms. The minimum absolute atomic E-state index is 0.617. The van der Waals surface area contributed by atoms with E-state index in [1.807, 2.05) is 73.6 Å². The van der Waals surface area contributed by atoms with E-state index in [0.29, 0.717) is 13.1 Å². The number of aliphatic imine (C=N–C) groups is 2. The standard InChI is InChI=1S/C52H44N10/c1-3-13-39(14-4-1)49-31-41(33-53-27-11-29-61(43-17-7-23-55-35-43)44-18-8-24-56-36-44)59-51-47(49)21-22-48-50(40-15-5-2-6-16-40)32-42(60-52(48)51)34-54-28-12-30-62(45-19-9-25-57-37-45)46-20-10-26-58-38-46/h1-10,13-26,31-38H,11-12,27-30H2. The van der Waals surface area contributed by atoms with Gasteiger partial charge in [-0.3, -0.25) is 29.9 Å². The van der Waals surface area contributed by atoms with Gasteiger partial charge in [-0.1, -0.05) is 72.8 Å². The average Bonchev–Trinajstić information content (AvgIpc) is 3.35. The van der Waals surface area contributed by atoms with E-state index in [1.165, 1.54) is 0 Å². The van der Waals surface area contributed by atoms with E-state index in [2.05, 4.69) is 127 Å². The molecule has 9 aromatic rings. The second kappa shape index (κ2) is 19.4. The Hall–Kier alpha value is -7.98. The zero-order valence-corrected chi connectivity index (χ0v) is 34.2. The lowest BCUT2D eigenvalue weighted by Crippen LogP contribution is -2.19. The lowest BCUT2D eigenvalue weighted by molar-refractivity contribution is 0.818. The predicted octanol–water partition coefficient (Wildman–Crippen LogP) is 11.0. The molecule has 0 bridgehead atoms. The number of pyridine rings is 6. The molecule has 0 aliphatic heterocycles. The van der Waals surface area contributed by atoms with Crippen LogP contribution in [0.25, 0.3) is 44.1 Å². The maximum atomic E-state index is 5.28. The fraction of sp³-hybridized carbons (Fsp3) is 0.115. The molecule has 0 spiro atoms. The van der Waals surface area contributed by atoms with Crippen molar-refractivity contribution in [2.45, 2.75) is 12.8 Å². The normalized spacial score (nSPS) is 11.5. The summed E-state index contributed by atoms with van der Waals surface area (Å²) in [4.78, 5) is 42.2. The molecule has 0 fully saturated rings. The van der Waals surface area contributed by atoms with Crippen LogP contribution in [0.15, 0.2) is 193 Å². The van der Waals surface area contributed by atoms with Crippen LogP contribution in [0, 0.1) is 0 Å². The van der Waals surface area contributed by atoms with Gasteiger partial charge in [-0.15, -0.1) is 0 Å². The monoisotopic (exact) mass is 808 g/mol. The van der Waals surface area contributed by atoms with Gasteiger partial charge in [0, 0.05) is 74.2 Å². The van der Waals surface area contributed by atoms with Crippen molar-refractivity contribution in [3.8, 4) is 22.3 Å². The lowest BCUT2D eigenvalue weighted by Gasteiger charge is -2.23. The van der Waals surface area contributed by atoms with Gasteiger partial charge in [-0.25, -0.2) is 9.97 Å². The SMILES string of the molecule is C(=NCCCN(c1cccnc1)c1cccnc1)c1cc(-c2ccccc2)c2ccc3c(-c4ccccc4)cc(C=NCCCN(c4cccnc4)c4cccnc4)nc3c2n1. The van der Waals surface area contributed by atoms with Crippen LogP contribution in [-0.4, -0.2) is 68.5 Å². The Morgan fingerprint density at radius 2 is 0.790 bits per heavy atom. The van der Waals surface area contributed by atoms with Gasteiger partial charge in [0.2, 0.25) is 0 Å². The van der Waals surface area contributed by atoms with Crippen molar-refractivity contribution < 1.29 is 0 Å². The number of aromatic nitrogens is 6. The van der Waals surface area contributed by atoms with Gasteiger partial charge in [0.15, 0.2) is 0 Å². The van der Waals surface area contributed by atoms with Gasteiger partial charge in [0.05, 0.1) is 70.0 Å². The number of anilines is 4. The zero-order valence-electron chi connectivity index (χ0n) is 34.2. The minimum Gasteiger partial charge on any atom is -0.339 e. The van der Waals surface area contributed by atoms with Gasteiger partial charge >= 0.3 is 0 Å². The maximum absolute atomic E-state index is 5.28. The molecule has 3 aromatic carbocycles. The molecule has 0 atom stereocenters. The van der Waals surface area contributed by atoms with Crippen LogP contribution < -0.4 is 9.80 Å². The van der Waals surface area contributed by atoms with Crippen molar-refractivity contribution in [2.24, 2.45) is 9.98 Å². The Morgan fingerprint density at radius 3 is 1.13 bits per heavy atom. The fourth-order valence-corrected chi connectivity index (χ4v) is 7.68. The molecule has 0 unspecified atom stereocenters. The highest BCUT2D eigenvalue weighted by Crippen LogP contribution is 2.36. The highest BCUT2D eigenvalue weighted by Gasteiger charge is 2.16. The maximum Gasteiger partial charge on any atom is 0.0979 e. The van der Waals surface area contributed by atoms with Gasteiger partial charge in [0.1, 0.15) is 0 Å². The quantitative estimate of drug-likeness (QED) is 0.0539. The summed E-state index contributed by atoms with van der Waals surface area (Å²) in [5.74, 6) is 0. The summed E-state index contributed by atoms with van der Waals surface area (Å²) < 4.78 is 0. The first kappa shape index (κ1) is 39.5. The zero-order chi connectivity index (χ0) is 41.8. The average molecular weight is 809 g/mol. The summed E-state index contributed by atoms with van der Waals surface area (Å²) >= 11 is 0. The highest BCUT2D eigenvalue weighted by molar-refractivity contribution is 6.13. The van der Waals surface area contributed by atoms with E-state index < -0.39 is 0 Å².